The molecular weight excluding hydrogens is 178 g/mol. The molecule has 0 bridgehead atoms. The minimum Gasteiger partial charge on any atom is -0.338 e. The van der Waals surface area contributed by atoms with E-state index in [9.17, 15) is 0 Å². The molecule has 0 saturated heterocycles. The Kier molecular flexibility index (Phi) is 2.98. The molecular formula is C6H12N2OP2. The molecule has 0 aromatic carbocycles. The van der Waals surface area contributed by atoms with Crippen LogP contribution in [0.25, 0.3) is 0 Å². The molecule has 0 radical (unpaired) electrons. The van der Waals surface area contributed by atoms with Gasteiger partial charge in [0.2, 0.25) is 5.89 Å². The summed E-state index contributed by atoms with van der Waals surface area (Å²) >= 11 is 0. The van der Waals surface area contributed by atoms with Crippen molar-refractivity contribution in [3.05, 3.63) is 11.7 Å². The summed E-state index contributed by atoms with van der Waals surface area (Å²) in [6, 6.07) is 0. The van der Waals surface area contributed by atoms with Crippen molar-refractivity contribution < 1.29 is 4.52 Å². The van der Waals surface area contributed by atoms with Gasteiger partial charge in [-0.15, -0.1) is 18.5 Å². The van der Waals surface area contributed by atoms with Crippen LogP contribution in [0, 0.1) is 0 Å². The van der Waals surface area contributed by atoms with E-state index in [1.54, 1.807) is 0 Å². The maximum absolute atomic E-state index is 4.98. The molecule has 0 spiro atoms. The maximum Gasteiger partial charge on any atom is 0.237 e. The molecule has 0 amide bonds. The second kappa shape index (κ2) is 3.60. The first-order valence-corrected chi connectivity index (χ1v) is 4.79. The fraction of sp³-hybridized carbons (Fsp3) is 0.667. The smallest absolute Gasteiger partial charge is 0.237 e. The van der Waals surface area contributed by atoms with E-state index in [1.165, 1.54) is 0 Å². The van der Waals surface area contributed by atoms with E-state index in [-0.39, 0.29) is 5.40 Å². The number of nitrogens with zero attached hydrogens (tertiary/aromatic N) is 2. The lowest BCUT2D eigenvalue weighted by atomic mass is 10.2. The van der Waals surface area contributed by atoms with E-state index in [0.29, 0.717) is 11.8 Å². The molecule has 5 heteroatoms. The average Bonchev–Trinajstić information content (AvgIpc) is 2.33. The SMILES string of the molecule is CC(C)c1noc(C(P)P)n1. The third-order valence-electron chi connectivity index (χ3n) is 1.26. The summed E-state index contributed by atoms with van der Waals surface area (Å²) in [6.45, 7) is 4.07. The summed E-state index contributed by atoms with van der Waals surface area (Å²) in [4.78, 5) is 4.19. The minimum atomic E-state index is 0.162. The van der Waals surface area contributed by atoms with E-state index in [4.69, 9.17) is 4.52 Å². The monoisotopic (exact) mass is 190 g/mol. The lowest BCUT2D eigenvalue weighted by molar-refractivity contribution is 0.381. The van der Waals surface area contributed by atoms with Crippen molar-refractivity contribution in [2.24, 2.45) is 0 Å². The van der Waals surface area contributed by atoms with Gasteiger partial charge in [0.05, 0.1) is 5.40 Å². The van der Waals surface area contributed by atoms with E-state index >= 15 is 0 Å². The summed E-state index contributed by atoms with van der Waals surface area (Å²) in [5, 5.41) is 3.99. The number of hydrogen-bond donors (Lipinski definition) is 0. The molecule has 0 fully saturated rings. The van der Waals surface area contributed by atoms with Gasteiger partial charge in [0.1, 0.15) is 0 Å². The number of aromatic nitrogens is 2. The summed E-state index contributed by atoms with van der Waals surface area (Å²) in [7, 11) is 5.17. The first kappa shape index (κ1) is 9.09. The Morgan fingerprint density at radius 1 is 1.36 bits per heavy atom. The standard InChI is InChI=1S/C6H12N2OP2/c1-3(2)4-7-5(6(10)11)9-8-4/h3,6H,10-11H2,1-2H3. The molecule has 62 valence electrons. The van der Waals surface area contributed by atoms with Gasteiger partial charge in [-0.1, -0.05) is 19.0 Å². The van der Waals surface area contributed by atoms with E-state index in [0.717, 1.165) is 5.82 Å². The van der Waals surface area contributed by atoms with Gasteiger partial charge >= 0.3 is 0 Å². The number of hydrogen-bond acceptors (Lipinski definition) is 3. The van der Waals surface area contributed by atoms with E-state index in [1.807, 2.05) is 13.8 Å². The van der Waals surface area contributed by atoms with Crippen LogP contribution in [-0.2, 0) is 0 Å². The fourth-order valence-electron chi connectivity index (χ4n) is 0.617. The third kappa shape index (κ3) is 2.21. The molecule has 1 aromatic rings. The Balaban J connectivity index is 2.82. The zero-order chi connectivity index (χ0) is 8.43. The van der Waals surface area contributed by atoms with E-state index < -0.39 is 0 Å². The largest absolute Gasteiger partial charge is 0.338 e. The Morgan fingerprint density at radius 3 is 2.27 bits per heavy atom. The topological polar surface area (TPSA) is 38.9 Å². The first-order valence-electron chi connectivity index (χ1n) is 3.46. The molecule has 2 atom stereocenters. The lowest BCUT2D eigenvalue weighted by Gasteiger charge is -1.94. The van der Waals surface area contributed by atoms with Crippen LogP contribution in [0.1, 0.15) is 36.9 Å². The molecule has 0 aliphatic carbocycles. The number of rotatable bonds is 2. The normalized spacial score (nSPS) is 11.5. The average molecular weight is 190 g/mol. The van der Waals surface area contributed by atoms with E-state index in [2.05, 4.69) is 28.6 Å². The van der Waals surface area contributed by atoms with Gasteiger partial charge in [-0.25, -0.2) is 0 Å². The highest BCUT2D eigenvalue weighted by Gasteiger charge is 2.11. The summed E-state index contributed by atoms with van der Waals surface area (Å²) in [6.07, 6.45) is 0. The van der Waals surface area contributed by atoms with Gasteiger partial charge in [-0.2, -0.15) is 4.98 Å². The van der Waals surface area contributed by atoms with Gasteiger partial charge in [-0.05, 0) is 0 Å². The summed E-state index contributed by atoms with van der Waals surface area (Å²) < 4.78 is 4.98. The Morgan fingerprint density at radius 2 is 2.00 bits per heavy atom. The van der Waals surface area contributed by atoms with Crippen LogP contribution in [0.2, 0.25) is 0 Å². The van der Waals surface area contributed by atoms with Crippen LogP contribution in [-0.4, -0.2) is 10.1 Å². The Bertz CT molecular complexity index is 212. The highest BCUT2D eigenvalue weighted by molar-refractivity contribution is 7.37. The first-order chi connectivity index (χ1) is 5.11. The summed E-state index contributed by atoms with van der Waals surface area (Å²) in [5.74, 6) is 1.76. The van der Waals surface area contributed by atoms with Crippen LogP contribution >= 0.6 is 18.5 Å². The highest BCUT2D eigenvalue weighted by atomic mass is 31.1. The molecule has 0 aliphatic heterocycles. The Hall–Kier alpha value is -0.0000000000000000555. The molecule has 11 heavy (non-hydrogen) atoms. The quantitative estimate of drug-likeness (QED) is 0.669. The third-order valence-corrected chi connectivity index (χ3v) is 1.83. The predicted octanol–water partition coefficient (Wildman–Crippen LogP) is 1.94. The van der Waals surface area contributed by atoms with Crippen molar-refractivity contribution in [3.63, 3.8) is 0 Å². The molecule has 0 saturated carbocycles. The zero-order valence-corrected chi connectivity index (χ0v) is 8.92. The Labute approximate surface area is 70.7 Å². The predicted molar refractivity (Wildman–Crippen MR) is 50.5 cm³/mol. The molecule has 2 unspecified atom stereocenters. The van der Waals surface area contributed by atoms with Crippen LogP contribution in [0.15, 0.2) is 4.52 Å². The molecule has 1 heterocycles. The second-order valence-corrected chi connectivity index (χ2v) is 4.88. The van der Waals surface area contributed by atoms with Crippen molar-refractivity contribution in [1.82, 2.24) is 10.1 Å². The second-order valence-electron chi connectivity index (χ2n) is 2.67. The molecule has 0 aliphatic rings. The fourth-order valence-corrected chi connectivity index (χ4v) is 0.888. The van der Waals surface area contributed by atoms with Crippen molar-refractivity contribution >= 4 is 18.5 Å². The zero-order valence-electron chi connectivity index (χ0n) is 6.61. The van der Waals surface area contributed by atoms with Crippen LogP contribution in [0.4, 0.5) is 0 Å². The van der Waals surface area contributed by atoms with Crippen molar-refractivity contribution in [1.29, 1.82) is 0 Å². The van der Waals surface area contributed by atoms with Crippen molar-refractivity contribution in [2.75, 3.05) is 0 Å². The summed E-state index contributed by atoms with van der Waals surface area (Å²) in [5.41, 5.74) is 0. The van der Waals surface area contributed by atoms with Crippen LogP contribution in [0.3, 0.4) is 0 Å². The van der Waals surface area contributed by atoms with Gasteiger partial charge in [0.15, 0.2) is 5.82 Å². The highest BCUT2D eigenvalue weighted by Crippen LogP contribution is 2.28. The molecule has 1 aromatic heterocycles. The van der Waals surface area contributed by atoms with Crippen molar-refractivity contribution in [2.45, 2.75) is 25.2 Å². The molecule has 1 rings (SSSR count). The lowest BCUT2D eigenvalue weighted by Crippen LogP contribution is -1.89. The van der Waals surface area contributed by atoms with Gasteiger partial charge in [0.25, 0.3) is 0 Å². The van der Waals surface area contributed by atoms with Crippen LogP contribution < -0.4 is 0 Å². The van der Waals surface area contributed by atoms with Gasteiger partial charge in [0, 0.05) is 5.92 Å². The van der Waals surface area contributed by atoms with Crippen molar-refractivity contribution in [3.8, 4) is 0 Å². The van der Waals surface area contributed by atoms with Gasteiger partial charge < -0.3 is 4.52 Å². The molecule has 3 nitrogen and oxygen atoms in total. The van der Waals surface area contributed by atoms with Gasteiger partial charge in [-0.3, -0.25) is 0 Å². The molecule has 0 N–H and O–H groups in total. The maximum atomic E-state index is 4.98. The minimum absolute atomic E-state index is 0.162. The van der Waals surface area contributed by atoms with Crippen LogP contribution in [0.5, 0.6) is 0 Å².